The van der Waals surface area contributed by atoms with Gasteiger partial charge in [0.15, 0.2) is 5.82 Å². The number of aromatic nitrogens is 7. The van der Waals surface area contributed by atoms with Gasteiger partial charge < -0.3 is 14.7 Å². The molecule has 11 nitrogen and oxygen atoms in total. The summed E-state index contributed by atoms with van der Waals surface area (Å²) < 4.78 is 2.13. The molecule has 5 heterocycles. The fraction of sp³-hybridized carbons (Fsp3) is 0.833. The molecule has 35 heavy (non-hydrogen) atoms. The standard InChI is InChI=1S/C24H39N11/c1-2-20(21-28-29-30-35(21)19-9-3-4-10-19)31-15-17-34(18-16-31)24-26-22(32-11-5-6-12-32)25-23(27-24)33-13-7-8-14-33/h19-20H,2-18H2,1H3. The van der Waals surface area contributed by atoms with E-state index >= 15 is 0 Å². The van der Waals surface area contributed by atoms with Gasteiger partial charge in [-0.25, -0.2) is 4.68 Å². The zero-order chi connectivity index (χ0) is 23.6. The number of piperazine rings is 1. The highest BCUT2D eigenvalue weighted by molar-refractivity contribution is 5.47. The van der Waals surface area contributed by atoms with Crippen LogP contribution in [0.5, 0.6) is 0 Å². The zero-order valence-corrected chi connectivity index (χ0v) is 21.1. The number of hydrogen-bond donors (Lipinski definition) is 0. The zero-order valence-electron chi connectivity index (χ0n) is 21.1. The first kappa shape index (κ1) is 22.9. The van der Waals surface area contributed by atoms with E-state index in [-0.39, 0.29) is 6.04 Å². The summed E-state index contributed by atoms with van der Waals surface area (Å²) in [4.78, 5) is 24.4. The molecule has 1 aliphatic carbocycles. The van der Waals surface area contributed by atoms with Crippen molar-refractivity contribution in [2.75, 3.05) is 67.1 Å². The number of hydrogen-bond acceptors (Lipinski definition) is 10. The number of tetrazole rings is 1. The normalized spacial score (nSPS) is 23.1. The smallest absolute Gasteiger partial charge is 0.232 e. The Balaban J connectivity index is 1.18. The van der Waals surface area contributed by atoms with Crippen molar-refractivity contribution in [1.29, 1.82) is 0 Å². The lowest BCUT2D eigenvalue weighted by Crippen LogP contribution is -2.48. The highest BCUT2D eigenvalue weighted by atomic mass is 15.6. The van der Waals surface area contributed by atoms with Crippen molar-refractivity contribution in [3.63, 3.8) is 0 Å². The van der Waals surface area contributed by atoms with Crippen LogP contribution in [0, 0.1) is 0 Å². The van der Waals surface area contributed by atoms with E-state index in [2.05, 4.69) is 46.7 Å². The van der Waals surface area contributed by atoms with Crippen molar-refractivity contribution in [3.8, 4) is 0 Å². The minimum Gasteiger partial charge on any atom is -0.341 e. The molecule has 4 fully saturated rings. The third-order valence-electron chi connectivity index (χ3n) is 8.29. The van der Waals surface area contributed by atoms with E-state index in [1.165, 1.54) is 51.4 Å². The molecule has 1 atom stereocenters. The molecule has 0 radical (unpaired) electrons. The summed E-state index contributed by atoms with van der Waals surface area (Å²) in [5.41, 5.74) is 0. The highest BCUT2D eigenvalue weighted by Gasteiger charge is 2.32. The first-order valence-corrected chi connectivity index (χ1v) is 13.8. The fourth-order valence-corrected chi connectivity index (χ4v) is 6.27. The lowest BCUT2D eigenvalue weighted by atomic mass is 10.1. The topological polar surface area (TPSA) is 95.2 Å². The van der Waals surface area contributed by atoms with Gasteiger partial charge in [0.1, 0.15) is 0 Å². The molecular weight excluding hydrogens is 442 g/mol. The van der Waals surface area contributed by atoms with Crippen molar-refractivity contribution >= 4 is 17.8 Å². The van der Waals surface area contributed by atoms with Crippen molar-refractivity contribution in [1.82, 2.24) is 40.1 Å². The van der Waals surface area contributed by atoms with Gasteiger partial charge in [-0.15, -0.1) is 5.10 Å². The Morgan fingerprint density at radius 2 is 1.20 bits per heavy atom. The second-order valence-corrected chi connectivity index (χ2v) is 10.5. The number of rotatable bonds is 7. The molecule has 6 rings (SSSR count). The maximum absolute atomic E-state index is 4.96. The van der Waals surface area contributed by atoms with E-state index < -0.39 is 0 Å². The summed E-state index contributed by atoms with van der Waals surface area (Å²) in [6.07, 6.45) is 10.8. The second kappa shape index (κ2) is 10.2. The first-order chi connectivity index (χ1) is 17.3. The minimum atomic E-state index is 0.256. The monoisotopic (exact) mass is 481 g/mol. The number of nitrogens with zero attached hydrogens (tertiary/aromatic N) is 11. The third kappa shape index (κ3) is 4.66. The van der Waals surface area contributed by atoms with E-state index in [1.807, 2.05) is 0 Å². The molecule has 1 saturated carbocycles. The van der Waals surface area contributed by atoms with Gasteiger partial charge in [0, 0.05) is 52.4 Å². The second-order valence-electron chi connectivity index (χ2n) is 10.5. The van der Waals surface area contributed by atoms with Gasteiger partial charge in [-0.1, -0.05) is 19.8 Å². The maximum Gasteiger partial charge on any atom is 0.232 e. The van der Waals surface area contributed by atoms with Crippen molar-refractivity contribution in [2.24, 2.45) is 0 Å². The van der Waals surface area contributed by atoms with Crippen LogP contribution in [-0.2, 0) is 0 Å². The quantitative estimate of drug-likeness (QED) is 0.587. The molecule has 0 bridgehead atoms. The van der Waals surface area contributed by atoms with Gasteiger partial charge in [0.2, 0.25) is 17.8 Å². The molecule has 190 valence electrons. The Kier molecular flexibility index (Phi) is 6.67. The van der Waals surface area contributed by atoms with E-state index in [0.29, 0.717) is 6.04 Å². The van der Waals surface area contributed by atoms with Crippen LogP contribution in [0.15, 0.2) is 0 Å². The molecule has 1 unspecified atom stereocenters. The molecular formula is C24H39N11. The van der Waals surface area contributed by atoms with E-state index in [9.17, 15) is 0 Å². The van der Waals surface area contributed by atoms with E-state index in [4.69, 9.17) is 15.0 Å². The molecule has 3 saturated heterocycles. The molecule has 0 aromatic carbocycles. The van der Waals surface area contributed by atoms with Crippen LogP contribution in [0.3, 0.4) is 0 Å². The van der Waals surface area contributed by atoms with Crippen LogP contribution < -0.4 is 14.7 Å². The highest BCUT2D eigenvalue weighted by Crippen LogP contribution is 2.33. The molecule has 4 aliphatic rings. The average molecular weight is 482 g/mol. The largest absolute Gasteiger partial charge is 0.341 e. The molecule has 3 aliphatic heterocycles. The molecule has 11 heteroatoms. The molecule has 2 aromatic rings. The van der Waals surface area contributed by atoms with Crippen molar-refractivity contribution in [2.45, 2.75) is 76.8 Å². The van der Waals surface area contributed by atoms with Crippen LogP contribution in [0.1, 0.15) is 82.6 Å². The average Bonchev–Trinajstić information content (AvgIpc) is 3.72. The van der Waals surface area contributed by atoms with Gasteiger partial charge in [0.05, 0.1) is 12.1 Å². The van der Waals surface area contributed by atoms with Crippen LogP contribution in [0.2, 0.25) is 0 Å². The van der Waals surface area contributed by atoms with Crippen molar-refractivity contribution in [3.05, 3.63) is 5.82 Å². The Labute approximate surface area is 207 Å². The Hall–Kier alpha value is -2.56. The van der Waals surface area contributed by atoms with Crippen LogP contribution >= 0.6 is 0 Å². The summed E-state index contributed by atoms with van der Waals surface area (Å²) in [6, 6.07) is 0.722. The summed E-state index contributed by atoms with van der Waals surface area (Å²) in [6.45, 7) is 10.2. The van der Waals surface area contributed by atoms with Gasteiger partial charge in [-0.3, -0.25) is 4.90 Å². The lowest BCUT2D eigenvalue weighted by Gasteiger charge is -2.39. The third-order valence-corrected chi connectivity index (χ3v) is 8.29. The molecule has 2 aromatic heterocycles. The predicted octanol–water partition coefficient (Wildman–Crippen LogP) is 2.45. The van der Waals surface area contributed by atoms with Gasteiger partial charge in [-0.2, -0.15) is 15.0 Å². The predicted molar refractivity (Wildman–Crippen MR) is 135 cm³/mol. The summed E-state index contributed by atoms with van der Waals surface area (Å²) in [7, 11) is 0. The Bertz CT molecular complexity index is 933. The van der Waals surface area contributed by atoms with Crippen LogP contribution in [0.25, 0.3) is 0 Å². The van der Waals surface area contributed by atoms with E-state index in [0.717, 1.165) is 82.4 Å². The van der Waals surface area contributed by atoms with Gasteiger partial charge in [-0.05, 0) is 55.4 Å². The van der Waals surface area contributed by atoms with Gasteiger partial charge >= 0.3 is 0 Å². The number of anilines is 3. The first-order valence-electron chi connectivity index (χ1n) is 13.8. The molecule has 0 N–H and O–H groups in total. The van der Waals surface area contributed by atoms with E-state index in [1.54, 1.807) is 0 Å². The molecule has 0 spiro atoms. The SMILES string of the molecule is CCC(c1nnnn1C1CCCC1)N1CCN(c2nc(N3CCCC3)nc(N3CCCC3)n2)CC1. The Morgan fingerprint density at radius 3 is 1.71 bits per heavy atom. The fourth-order valence-electron chi connectivity index (χ4n) is 6.27. The summed E-state index contributed by atoms with van der Waals surface area (Å²) >= 11 is 0. The molecule has 0 amide bonds. The van der Waals surface area contributed by atoms with Crippen LogP contribution in [0.4, 0.5) is 17.8 Å². The van der Waals surface area contributed by atoms with Crippen LogP contribution in [-0.4, -0.2) is 92.4 Å². The minimum absolute atomic E-state index is 0.256. The van der Waals surface area contributed by atoms with Crippen molar-refractivity contribution < 1.29 is 0 Å². The maximum atomic E-state index is 4.96. The summed E-state index contributed by atoms with van der Waals surface area (Å²) in [5, 5.41) is 13.0. The summed E-state index contributed by atoms with van der Waals surface area (Å²) in [5.74, 6) is 3.60. The lowest BCUT2D eigenvalue weighted by molar-refractivity contribution is 0.166. The van der Waals surface area contributed by atoms with Gasteiger partial charge in [0.25, 0.3) is 0 Å². The Morgan fingerprint density at radius 1 is 0.686 bits per heavy atom.